The number of hydrogen-bond donors (Lipinski definition) is 1. The van der Waals surface area contributed by atoms with Gasteiger partial charge in [0.05, 0.1) is 10.6 Å². The van der Waals surface area contributed by atoms with Gasteiger partial charge in [-0.1, -0.05) is 57.3 Å². The van der Waals surface area contributed by atoms with Crippen molar-refractivity contribution in [3.8, 4) is 0 Å². The molecule has 7 nitrogen and oxygen atoms in total. The molecule has 3 aromatic rings. The Hall–Kier alpha value is -2.59. The Labute approximate surface area is 241 Å². The van der Waals surface area contributed by atoms with Crippen LogP contribution < -0.4 is 9.62 Å². The molecule has 2 amide bonds. The van der Waals surface area contributed by atoms with Crippen LogP contribution in [0.3, 0.4) is 0 Å². The van der Waals surface area contributed by atoms with E-state index in [0.717, 1.165) is 14.3 Å². The topological polar surface area (TPSA) is 86.8 Å². The first-order valence-corrected chi connectivity index (χ1v) is 14.8. The van der Waals surface area contributed by atoms with Gasteiger partial charge in [-0.15, -0.1) is 0 Å². The molecule has 0 aromatic heterocycles. The van der Waals surface area contributed by atoms with Crippen molar-refractivity contribution >= 4 is 66.7 Å². The Bertz CT molecular complexity index is 1380. The molecular formula is C27H28BrCl2N3O4S. The molecule has 0 radical (unpaired) electrons. The van der Waals surface area contributed by atoms with Gasteiger partial charge in [0.15, 0.2) is 0 Å². The molecule has 202 valence electrons. The van der Waals surface area contributed by atoms with E-state index >= 15 is 0 Å². The lowest BCUT2D eigenvalue weighted by Gasteiger charge is -2.32. The number of rotatable bonds is 10. The lowest BCUT2D eigenvalue weighted by molar-refractivity contribution is -0.139. The van der Waals surface area contributed by atoms with E-state index in [0.29, 0.717) is 10.0 Å². The minimum atomic E-state index is -4.20. The molecule has 0 bridgehead atoms. The fourth-order valence-electron chi connectivity index (χ4n) is 3.67. The van der Waals surface area contributed by atoms with Gasteiger partial charge in [0.25, 0.3) is 10.0 Å². The van der Waals surface area contributed by atoms with Crippen LogP contribution in [0.4, 0.5) is 5.69 Å². The SMILES string of the molecule is CC(C)NC(=O)C(C)N(Cc1ccc(Br)cc1)C(=O)CN(c1cccc(Cl)c1)S(=O)(=O)c1ccc(Cl)cc1. The average molecular weight is 641 g/mol. The third-order valence-corrected chi connectivity index (χ3v) is 8.44. The van der Waals surface area contributed by atoms with Gasteiger partial charge in [-0.05, 0) is 80.9 Å². The third-order valence-electron chi connectivity index (χ3n) is 5.64. The number of carbonyl (C=O) groups is 2. The number of halogens is 3. The predicted octanol–water partition coefficient (Wildman–Crippen LogP) is 5.89. The largest absolute Gasteiger partial charge is 0.352 e. The second kappa shape index (κ2) is 13.0. The second-order valence-corrected chi connectivity index (χ2v) is 12.6. The normalized spacial score (nSPS) is 12.2. The number of nitrogens with one attached hydrogen (secondary N) is 1. The molecule has 0 fully saturated rings. The molecule has 0 aliphatic rings. The van der Waals surface area contributed by atoms with Gasteiger partial charge in [-0.3, -0.25) is 13.9 Å². The van der Waals surface area contributed by atoms with Crippen LogP contribution in [0.2, 0.25) is 10.0 Å². The van der Waals surface area contributed by atoms with E-state index in [1.807, 2.05) is 38.1 Å². The van der Waals surface area contributed by atoms with Crippen LogP contribution in [0.25, 0.3) is 0 Å². The van der Waals surface area contributed by atoms with Crippen molar-refractivity contribution in [2.75, 3.05) is 10.8 Å². The van der Waals surface area contributed by atoms with Crippen LogP contribution in [0.15, 0.2) is 82.2 Å². The fourth-order valence-corrected chi connectivity index (χ4v) is 5.65. The van der Waals surface area contributed by atoms with Crippen molar-refractivity contribution < 1.29 is 18.0 Å². The van der Waals surface area contributed by atoms with Crippen LogP contribution in [-0.2, 0) is 26.2 Å². The molecule has 1 unspecified atom stereocenters. The van der Waals surface area contributed by atoms with Crippen LogP contribution in [0.5, 0.6) is 0 Å². The van der Waals surface area contributed by atoms with Crippen molar-refractivity contribution in [3.05, 3.63) is 92.9 Å². The zero-order valence-corrected chi connectivity index (χ0v) is 25.0. The van der Waals surface area contributed by atoms with E-state index in [-0.39, 0.29) is 29.1 Å². The maximum atomic E-state index is 13.8. The van der Waals surface area contributed by atoms with Gasteiger partial charge in [-0.25, -0.2) is 8.42 Å². The monoisotopic (exact) mass is 639 g/mol. The Kier molecular flexibility index (Phi) is 10.2. The van der Waals surface area contributed by atoms with E-state index in [9.17, 15) is 18.0 Å². The molecule has 0 aliphatic carbocycles. The maximum absolute atomic E-state index is 13.8. The van der Waals surface area contributed by atoms with Crippen molar-refractivity contribution in [1.82, 2.24) is 10.2 Å². The minimum absolute atomic E-state index is 0.0419. The highest BCUT2D eigenvalue weighted by molar-refractivity contribution is 9.10. The quantitative estimate of drug-likeness (QED) is 0.299. The molecule has 11 heteroatoms. The second-order valence-electron chi connectivity index (χ2n) is 8.93. The maximum Gasteiger partial charge on any atom is 0.264 e. The summed E-state index contributed by atoms with van der Waals surface area (Å²) in [6, 6.07) is 18.2. The molecular weight excluding hydrogens is 613 g/mol. The van der Waals surface area contributed by atoms with E-state index < -0.39 is 28.5 Å². The summed E-state index contributed by atoms with van der Waals surface area (Å²) in [5.74, 6) is -0.905. The van der Waals surface area contributed by atoms with Gasteiger partial charge in [0.1, 0.15) is 12.6 Å². The summed E-state index contributed by atoms with van der Waals surface area (Å²) >= 11 is 15.5. The highest BCUT2D eigenvalue weighted by Gasteiger charge is 2.32. The zero-order valence-electron chi connectivity index (χ0n) is 21.1. The van der Waals surface area contributed by atoms with Gasteiger partial charge in [0, 0.05) is 27.1 Å². The van der Waals surface area contributed by atoms with Crippen molar-refractivity contribution in [1.29, 1.82) is 0 Å². The van der Waals surface area contributed by atoms with E-state index in [1.165, 1.54) is 35.2 Å². The van der Waals surface area contributed by atoms with E-state index in [2.05, 4.69) is 21.2 Å². The first kappa shape index (κ1) is 30.0. The minimum Gasteiger partial charge on any atom is -0.352 e. The Morgan fingerprint density at radius 2 is 1.55 bits per heavy atom. The van der Waals surface area contributed by atoms with Gasteiger partial charge in [0.2, 0.25) is 11.8 Å². The average Bonchev–Trinajstić information content (AvgIpc) is 2.86. The molecule has 3 aromatic carbocycles. The van der Waals surface area contributed by atoms with Crippen LogP contribution >= 0.6 is 39.1 Å². The summed E-state index contributed by atoms with van der Waals surface area (Å²) in [5, 5.41) is 3.51. The number of hydrogen-bond acceptors (Lipinski definition) is 4. The molecule has 0 aliphatic heterocycles. The fraction of sp³-hybridized carbons (Fsp3) is 0.259. The number of anilines is 1. The number of nitrogens with zero attached hydrogens (tertiary/aromatic N) is 2. The summed E-state index contributed by atoms with van der Waals surface area (Å²) in [5.41, 5.74) is 0.990. The van der Waals surface area contributed by atoms with Crippen molar-refractivity contribution in [3.63, 3.8) is 0 Å². The first-order valence-electron chi connectivity index (χ1n) is 11.8. The summed E-state index contributed by atoms with van der Waals surface area (Å²) in [6.07, 6.45) is 0. The van der Waals surface area contributed by atoms with E-state index in [1.54, 1.807) is 25.1 Å². The van der Waals surface area contributed by atoms with Gasteiger partial charge < -0.3 is 10.2 Å². The molecule has 1 N–H and O–H groups in total. The lowest BCUT2D eigenvalue weighted by Crippen LogP contribution is -2.52. The molecule has 0 saturated carbocycles. The molecule has 0 saturated heterocycles. The molecule has 0 heterocycles. The lowest BCUT2D eigenvalue weighted by atomic mass is 10.1. The van der Waals surface area contributed by atoms with Crippen LogP contribution in [-0.4, -0.2) is 43.8 Å². The molecule has 1 atom stereocenters. The molecule has 38 heavy (non-hydrogen) atoms. The van der Waals surface area contributed by atoms with Crippen molar-refractivity contribution in [2.45, 2.75) is 44.3 Å². The Balaban J connectivity index is 2.03. The van der Waals surface area contributed by atoms with Crippen LogP contribution in [0.1, 0.15) is 26.3 Å². The number of benzene rings is 3. The number of amides is 2. The first-order chi connectivity index (χ1) is 17.9. The molecule has 3 rings (SSSR count). The Morgan fingerprint density at radius 3 is 2.13 bits per heavy atom. The zero-order chi connectivity index (χ0) is 28.0. The summed E-state index contributed by atoms with van der Waals surface area (Å²) < 4.78 is 29.3. The summed E-state index contributed by atoms with van der Waals surface area (Å²) in [6.45, 7) is 4.81. The number of carbonyl (C=O) groups excluding carboxylic acids is 2. The predicted molar refractivity (Wildman–Crippen MR) is 155 cm³/mol. The molecule has 0 spiro atoms. The van der Waals surface area contributed by atoms with E-state index in [4.69, 9.17) is 23.2 Å². The van der Waals surface area contributed by atoms with Gasteiger partial charge >= 0.3 is 0 Å². The standard InChI is InChI=1S/C27H28BrCl2N3O4S/c1-18(2)31-27(35)19(3)32(16-20-7-9-21(28)10-8-20)26(34)17-33(24-6-4-5-23(30)15-24)38(36,37)25-13-11-22(29)12-14-25/h4-15,18-19H,16-17H2,1-3H3,(H,31,35). The smallest absolute Gasteiger partial charge is 0.264 e. The van der Waals surface area contributed by atoms with Crippen molar-refractivity contribution in [2.24, 2.45) is 0 Å². The Morgan fingerprint density at radius 1 is 0.921 bits per heavy atom. The summed E-state index contributed by atoms with van der Waals surface area (Å²) in [7, 11) is -4.20. The number of sulfonamides is 1. The van der Waals surface area contributed by atoms with Crippen LogP contribution in [0, 0.1) is 0 Å². The van der Waals surface area contributed by atoms with Gasteiger partial charge in [-0.2, -0.15) is 0 Å². The third kappa shape index (κ3) is 7.72. The highest BCUT2D eigenvalue weighted by atomic mass is 79.9. The highest BCUT2D eigenvalue weighted by Crippen LogP contribution is 2.27. The summed E-state index contributed by atoms with van der Waals surface area (Å²) in [4.78, 5) is 28.1.